The third kappa shape index (κ3) is 7.11. The zero-order valence-electron chi connectivity index (χ0n) is 30.8. The summed E-state index contributed by atoms with van der Waals surface area (Å²) < 4.78 is 1.07. The first-order valence-electron chi connectivity index (χ1n) is 19.0. The molecule has 56 heavy (non-hydrogen) atoms. The molecule has 0 aromatic heterocycles. The molecule has 0 unspecified atom stereocenters. The number of anilines is 3. The van der Waals surface area contributed by atoms with Crippen molar-refractivity contribution < 1.29 is 0 Å². The molecule has 0 spiro atoms. The SMILES string of the molecule is Brc1ccccc1-c1c(-c2ccccc2)cccc1-c1ccccc1-c1ccc(N(c2ccc(-c3ccccc3)cc2)c2ccc(-c3ccccc3)cc2)cc1. The van der Waals surface area contributed by atoms with Crippen molar-refractivity contribution in [3.8, 4) is 66.8 Å². The second-order valence-electron chi connectivity index (χ2n) is 13.8. The van der Waals surface area contributed by atoms with Gasteiger partial charge in [-0.25, -0.2) is 0 Å². The van der Waals surface area contributed by atoms with Crippen molar-refractivity contribution in [1.29, 1.82) is 0 Å². The Morgan fingerprint density at radius 2 is 0.571 bits per heavy atom. The summed E-state index contributed by atoms with van der Waals surface area (Å²) in [5.74, 6) is 0. The van der Waals surface area contributed by atoms with Gasteiger partial charge < -0.3 is 4.90 Å². The first kappa shape index (κ1) is 35.0. The van der Waals surface area contributed by atoms with Gasteiger partial charge in [0.25, 0.3) is 0 Å². The minimum absolute atomic E-state index is 1.07. The maximum atomic E-state index is 3.90. The summed E-state index contributed by atoms with van der Waals surface area (Å²) in [7, 11) is 0. The fraction of sp³-hybridized carbons (Fsp3) is 0. The van der Waals surface area contributed by atoms with E-state index in [2.05, 4.69) is 251 Å². The minimum Gasteiger partial charge on any atom is -0.311 e. The molecule has 9 rings (SSSR count). The van der Waals surface area contributed by atoms with Gasteiger partial charge in [0, 0.05) is 21.5 Å². The molecule has 0 N–H and O–H groups in total. The third-order valence-corrected chi connectivity index (χ3v) is 11.1. The molecule has 0 heterocycles. The van der Waals surface area contributed by atoms with Gasteiger partial charge in [-0.15, -0.1) is 0 Å². The fourth-order valence-electron chi connectivity index (χ4n) is 7.66. The van der Waals surface area contributed by atoms with Crippen molar-refractivity contribution in [2.75, 3.05) is 4.90 Å². The van der Waals surface area contributed by atoms with Gasteiger partial charge in [-0.05, 0) is 109 Å². The van der Waals surface area contributed by atoms with E-state index >= 15 is 0 Å². The number of hydrogen-bond acceptors (Lipinski definition) is 1. The van der Waals surface area contributed by atoms with Crippen LogP contribution in [0, 0.1) is 0 Å². The van der Waals surface area contributed by atoms with Crippen LogP contribution >= 0.6 is 15.9 Å². The van der Waals surface area contributed by atoms with Crippen LogP contribution in [0.3, 0.4) is 0 Å². The molecule has 1 nitrogen and oxygen atoms in total. The molecule has 9 aromatic carbocycles. The molecule has 266 valence electrons. The van der Waals surface area contributed by atoms with Crippen LogP contribution in [0.15, 0.2) is 235 Å². The number of halogens is 1. The first-order valence-corrected chi connectivity index (χ1v) is 19.7. The number of benzene rings is 9. The van der Waals surface area contributed by atoms with Crippen LogP contribution < -0.4 is 4.90 Å². The van der Waals surface area contributed by atoms with Crippen LogP contribution in [-0.4, -0.2) is 0 Å². The molecule has 0 aliphatic heterocycles. The molecular formula is C54H38BrN. The van der Waals surface area contributed by atoms with E-state index in [9.17, 15) is 0 Å². The quantitative estimate of drug-likeness (QED) is 0.141. The molecular weight excluding hydrogens is 743 g/mol. The van der Waals surface area contributed by atoms with Crippen molar-refractivity contribution in [1.82, 2.24) is 0 Å². The Hall–Kier alpha value is -6.74. The van der Waals surface area contributed by atoms with E-state index in [0.717, 1.165) is 27.1 Å². The Morgan fingerprint density at radius 3 is 1.07 bits per heavy atom. The molecule has 0 amide bonds. The van der Waals surface area contributed by atoms with Gasteiger partial charge in [0.1, 0.15) is 0 Å². The second kappa shape index (κ2) is 15.9. The van der Waals surface area contributed by atoms with Crippen molar-refractivity contribution in [2.24, 2.45) is 0 Å². The maximum Gasteiger partial charge on any atom is 0.0462 e. The van der Waals surface area contributed by atoms with E-state index in [4.69, 9.17) is 0 Å². The molecule has 0 saturated heterocycles. The van der Waals surface area contributed by atoms with Crippen molar-refractivity contribution in [2.45, 2.75) is 0 Å². The number of nitrogens with zero attached hydrogens (tertiary/aromatic N) is 1. The van der Waals surface area contributed by atoms with Gasteiger partial charge in [0.2, 0.25) is 0 Å². The summed E-state index contributed by atoms with van der Waals surface area (Å²) in [5, 5.41) is 0. The monoisotopic (exact) mass is 779 g/mol. The van der Waals surface area contributed by atoms with Crippen LogP contribution in [-0.2, 0) is 0 Å². The van der Waals surface area contributed by atoms with Gasteiger partial charge in [0.05, 0.1) is 0 Å². The van der Waals surface area contributed by atoms with E-state index in [-0.39, 0.29) is 0 Å². The lowest BCUT2D eigenvalue weighted by atomic mass is 9.85. The molecule has 0 radical (unpaired) electrons. The van der Waals surface area contributed by atoms with Crippen LogP contribution in [0.2, 0.25) is 0 Å². The van der Waals surface area contributed by atoms with Crippen LogP contribution in [0.1, 0.15) is 0 Å². The molecule has 0 fully saturated rings. The number of hydrogen-bond donors (Lipinski definition) is 0. The fourth-order valence-corrected chi connectivity index (χ4v) is 8.15. The lowest BCUT2D eigenvalue weighted by Crippen LogP contribution is -2.09. The zero-order valence-corrected chi connectivity index (χ0v) is 32.4. The molecule has 2 heteroatoms. The molecule has 0 aliphatic rings. The molecule has 0 aliphatic carbocycles. The predicted molar refractivity (Wildman–Crippen MR) is 241 cm³/mol. The van der Waals surface area contributed by atoms with Crippen molar-refractivity contribution in [3.05, 3.63) is 235 Å². The summed E-state index contributed by atoms with van der Waals surface area (Å²) in [6.45, 7) is 0. The normalized spacial score (nSPS) is 10.9. The smallest absolute Gasteiger partial charge is 0.0462 e. The topological polar surface area (TPSA) is 3.24 Å². The Morgan fingerprint density at radius 1 is 0.232 bits per heavy atom. The van der Waals surface area contributed by atoms with Gasteiger partial charge in [-0.3, -0.25) is 0 Å². The Bertz CT molecular complexity index is 2620. The second-order valence-corrected chi connectivity index (χ2v) is 14.7. The predicted octanol–water partition coefficient (Wildman–Crippen LogP) is 15.9. The summed E-state index contributed by atoms with van der Waals surface area (Å²) in [6, 6.07) is 82.5. The largest absolute Gasteiger partial charge is 0.311 e. The Labute approximate surface area is 338 Å². The lowest BCUT2D eigenvalue weighted by Gasteiger charge is -2.26. The first-order chi connectivity index (χ1) is 27.7. The van der Waals surface area contributed by atoms with E-state index in [1.807, 2.05) is 0 Å². The van der Waals surface area contributed by atoms with Gasteiger partial charge >= 0.3 is 0 Å². The molecule has 9 aromatic rings. The Kier molecular flexibility index (Phi) is 9.95. The summed E-state index contributed by atoms with van der Waals surface area (Å²) in [6.07, 6.45) is 0. The van der Waals surface area contributed by atoms with Crippen LogP contribution in [0.4, 0.5) is 17.1 Å². The molecule has 0 atom stereocenters. The number of rotatable bonds is 9. The average Bonchev–Trinajstić information content (AvgIpc) is 3.28. The van der Waals surface area contributed by atoms with E-state index in [1.165, 1.54) is 61.2 Å². The molecule has 0 saturated carbocycles. The zero-order chi connectivity index (χ0) is 37.7. The highest BCUT2D eigenvalue weighted by Gasteiger charge is 2.19. The molecule has 0 bridgehead atoms. The average molecular weight is 781 g/mol. The summed E-state index contributed by atoms with van der Waals surface area (Å²) in [5.41, 5.74) is 17.6. The van der Waals surface area contributed by atoms with Crippen LogP contribution in [0.25, 0.3) is 66.8 Å². The van der Waals surface area contributed by atoms with Crippen molar-refractivity contribution >= 4 is 33.0 Å². The Balaban J connectivity index is 1.13. The van der Waals surface area contributed by atoms with Crippen LogP contribution in [0.5, 0.6) is 0 Å². The summed E-state index contributed by atoms with van der Waals surface area (Å²) in [4.78, 5) is 2.34. The van der Waals surface area contributed by atoms with E-state index in [0.29, 0.717) is 0 Å². The highest BCUT2D eigenvalue weighted by Crippen LogP contribution is 2.46. The van der Waals surface area contributed by atoms with E-state index < -0.39 is 0 Å². The van der Waals surface area contributed by atoms with Gasteiger partial charge in [-0.1, -0.05) is 204 Å². The van der Waals surface area contributed by atoms with Crippen molar-refractivity contribution in [3.63, 3.8) is 0 Å². The highest BCUT2D eigenvalue weighted by molar-refractivity contribution is 9.10. The summed E-state index contributed by atoms with van der Waals surface area (Å²) >= 11 is 3.90. The minimum atomic E-state index is 1.07. The standard InChI is InChI=1S/C54H38BrN/c55-53-26-13-12-23-52(53)54-49(43-19-8-3-9-20-43)24-14-25-51(54)50-22-11-10-21-48(50)44-31-37-47(38-32-44)56(45-33-27-41(28-34-45)39-15-4-1-5-16-39)46-35-29-42(30-36-46)40-17-6-2-7-18-40/h1-38H. The maximum absolute atomic E-state index is 3.90. The van der Waals surface area contributed by atoms with E-state index in [1.54, 1.807) is 0 Å². The third-order valence-electron chi connectivity index (χ3n) is 10.4. The van der Waals surface area contributed by atoms with Gasteiger partial charge in [-0.2, -0.15) is 0 Å². The lowest BCUT2D eigenvalue weighted by molar-refractivity contribution is 1.28. The van der Waals surface area contributed by atoms with Gasteiger partial charge in [0.15, 0.2) is 0 Å². The highest BCUT2D eigenvalue weighted by atomic mass is 79.9.